The molecule has 0 aliphatic carbocycles. The van der Waals surface area contributed by atoms with Crippen molar-refractivity contribution in [3.05, 3.63) is 71.1 Å². The van der Waals surface area contributed by atoms with E-state index in [0.717, 1.165) is 10.4 Å². The van der Waals surface area contributed by atoms with Crippen molar-refractivity contribution < 1.29 is 31.5 Å². The highest BCUT2D eigenvalue weighted by molar-refractivity contribution is 7.95. The molecule has 3 aliphatic heterocycles. The molecule has 3 saturated heterocycles. The highest BCUT2D eigenvalue weighted by Crippen LogP contribution is 2.57. The number of benzene rings is 2. The summed E-state index contributed by atoms with van der Waals surface area (Å²) in [6.45, 7) is 6.92. The van der Waals surface area contributed by atoms with E-state index in [1.165, 1.54) is 12.1 Å². The van der Waals surface area contributed by atoms with Gasteiger partial charge >= 0.3 is 5.97 Å². The number of fused-ring (bicyclic) bond motifs is 5. The van der Waals surface area contributed by atoms with Crippen LogP contribution in [-0.4, -0.2) is 37.9 Å². The van der Waals surface area contributed by atoms with Gasteiger partial charge < -0.3 is 9.47 Å². The van der Waals surface area contributed by atoms with Gasteiger partial charge in [-0.05, 0) is 30.5 Å². The lowest BCUT2D eigenvalue weighted by molar-refractivity contribution is -0.150. The number of alkyl halides is 2. The van der Waals surface area contributed by atoms with Gasteiger partial charge in [0, 0.05) is 23.7 Å². The maximum Gasteiger partial charge on any atom is 0.333 e. The number of anilines is 1. The van der Waals surface area contributed by atoms with E-state index in [2.05, 4.69) is 4.85 Å². The van der Waals surface area contributed by atoms with E-state index in [1.54, 1.807) is 24.3 Å². The summed E-state index contributed by atoms with van der Waals surface area (Å²) in [4.78, 5) is 16.5. The molecule has 3 heterocycles. The summed E-state index contributed by atoms with van der Waals surface area (Å²) < 4.78 is 65.2. The lowest BCUT2D eigenvalue weighted by Gasteiger charge is -2.32. The van der Waals surface area contributed by atoms with Crippen LogP contribution in [0.2, 0.25) is 0 Å². The van der Waals surface area contributed by atoms with Crippen molar-refractivity contribution in [1.82, 2.24) is 0 Å². The van der Waals surface area contributed by atoms with E-state index in [9.17, 15) is 22.0 Å². The van der Waals surface area contributed by atoms with Gasteiger partial charge in [0.25, 0.3) is 16.4 Å². The number of nitrogens with zero attached hydrogens (tertiary/aromatic N) is 2. The van der Waals surface area contributed by atoms with Gasteiger partial charge in [-0.25, -0.2) is 22.0 Å². The molecule has 172 valence electrons. The SMILES string of the molecule is [C-]#[N+]c1ccc(N2C[C@@H]3[C@H]4CC[C@H](O4)[C@]3(C(=O)OCc3ccccc3)S2(=O)=O)cc1C(F)F. The van der Waals surface area contributed by atoms with Crippen molar-refractivity contribution in [3.63, 3.8) is 0 Å². The zero-order valence-corrected chi connectivity index (χ0v) is 18.2. The van der Waals surface area contributed by atoms with Gasteiger partial charge in [0.1, 0.15) is 6.61 Å². The molecule has 7 nitrogen and oxygen atoms in total. The van der Waals surface area contributed by atoms with E-state index in [0.29, 0.717) is 18.4 Å². The fraction of sp³-hybridized carbons (Fsp3) is 0.391. The Kier molecular flexibility index (Phi) is 5.14. The third kappa shape index (κ3) is 3.06. The molecule has 0 aromatic heterocycles. The first-order valence-electron chi connectivity index (χ1n) is 10.5. The second kappa shape index (κ2) is 7.78. The predicted octanol–water partition coefficient (Wildman–Crippen LogP) is 3.98. The fourth-order valence-corrected chi connectivity index (χ4v) is 7.80. The third-order valence-electron chi connectivity index (χ3n) is 6.80. The molecule has 0 spiro atoms. The van der Waals surface area contributed by atoms with Crippen molar-refractivity contribution in [1.29, 1.82) is 0 Å². The van der Waals surface area contributed by atoms with E-state index >= 15 is 0 Å². The van der Waals surface area contributed by atoms with Gasteiger partial charge in [0.2, 0.25) is 4.75 Å². The molecule has 2 bridgehead atoms. The molecule has 0 N–H and O–H groups in total. The van der Waals surface area contributed by atoms with Crippen LogP contribution < -0.4 is 4.31 Å². The first-order chi connectivity index (χ1) is 15.8. The number of halogens is 2. The summed E-state index contributed by atoms with van der Waals surface area (Å²) in [5, 5.41) is 0. The van der Waals surface area contributed by atoms with Gasteiger partial charge in [-0.3, -0.25) is 9.10 Å². The molecule has 5 rings (SSSR count). The number of hydrogen-bond donors (Lipinski definition) is 0. The minimum atomic E-state index is -4.36. The number of hydrogen-bond acceptors (Lipinski definition) is 5. The van der Waals surface area contributed by atoms with Crippen molar-refractivity contribution >= 4 is 27.4 Å². The summed E-state index contributed by atoms with van der Waals surface area (Å²) in [5.41, 5.74) is -0.0752. The van der Waals surface area contributed by atoms with E-state index in [4.69, 9.17) is 16.0 Å². The molecule has 10 heteroatoms. The minimum absolute atomic E-state index is 0.00161. The van der Waals surface area contributed by atoms with Gasteiger partial charge in [-0.1, -0.05) is 36.4 Å². The minimum Gasteiger partial charge on any atom is -0.460 e. The Morgan fingerprint density at radius 1 is 1.24 bits per heavy atom. The van der Waals surface area contributed by atoms with E-state index in [-0.39, 0.29) is 24.5 Å². The molecule has 0 saturated carbocycles. The molecule has 3 aliphatic rings. The maximum absolute atomic E-state index is 13.9. The summed E-state index contributed by atoms with van der Waals surface area (Å²) in [6, 6.07) is 12.4. The molecule has 4 atom stereocenters. The molecule has 3 fully saturated rings. The maximum atomic E-state index is 13.9. The second-order valence-electron chi connectivity index (χ2n) is 8.39. The zero-order chi connectivity index (χ0) is 23.4. The van der Waals surface area contributed by atoms with Crippen molar-refractivity contribution in [2.24, 2.45) is 5.92 Å². The zero-order valence-electron chi connectivity index (χ0n) is 17.4. The Hall–Kier alpha value is -3.03. The molecule has 2 aromatic carbocycles. The quantitative estimate of drug-likeness (QED) is 0.484. The Morgan fingerprint density at radius 3 is 2.70 bits per heavy atom. The number of esters is 1. The van der Waals surface area contributed by atoms with Crippen LogP contribution in [0.5, 0.6) is 0 Å². The molecule has 0 amide bonds. The molecule has 2 aromatic rings. The van der Waals surface area contributed by atoms with Crippen LogP contribution in [0.4, 0.5) is 20.2 Å². The normalized spacial score (nSPS) is 29.2. The summed E-state index contributed by atoms with van der Waals surface area (Å²) in [7, 11) is -4.36. The lowest BCUT2D eigenvalue weighted by atomic mass is 9.78. The van der Waals surface area contributed by atoms with Crippen LogP contribution in [-0.2, 0) is 30.9 Å². The van der Waals surface area contributed by atoms with Crippen molar-refractivity contribution in [2.75, 3.05) is 10.8 Å². The van der Waals surface area contributed by atoms with Gasteiger partial charge in [0.15, 0.2) is 5.69 Å². The molecule has 0 radical (unpaired) electrons. The number of carbonyl (C=O) groups is 1. The largest absolute Gasteiger partial charge is 0.460 e. The van der Waals surface area contributed by atoms with Crippen LogP contribution in [0.1, 0.15) is 30.4 Å². The Bertz CT molecular complexity index is 1250. The average molecular weight is 474 g/mol. The van der Waals surface area contributed by atoms with Crippen LogP contribution >= 0.6 is 0 Å². The number of rotatable bonds is 5. The van der Waals surface area contributed by atoms with E-state index in [1.807, 2.05) is 6.07 Å². The monoisotopic (exact) mass is 474 g/mol. The first kappa shape index (κ1) is 21.8. The standard InChI is InChI=1S/C23H20F2N2O5S/c1-26-18-8-7-15(11-16(18)21(24)25)27-12-17-19-9-10-20(32-19)23(17,33(27,29)30)22(28)31-13-14-5-3-2-4-6-14/h2-8,11,17,19-21H,9-10,12-13H2/t17-,19-,20+,23-/m1/s1. The smallest absolute Gasteiger partial charge is 0.333 e. The predicted molar refractivity (Wildman–Crippen MR) is 114 cm³/mol. The Balaban J connectivity index is 1.53. The molecular formula is C23H20F2N2O5S. The molecule has 33 heavy (non-hydrogen) atoms. The van der Waals surface area contributed by atoms with Crippen LogP contribution in [0.25, 0.3) is 4.85 Å². The average Bonchev–Trinajstić information content (AvgIpc) is 3.48. The number of carbonyl (C=O) groups excluding carboxylic acids is 1. The van der Waals surface area contributed by atoms with E-state index < -0.39 is 50.9 Å². The highest BCUT2D eigenvalue weighted by Gasteiger charge is 2.77. The lowest BCUT2D eigenvalue weighted by Crippen LogP contribution is -2.57. The fourth-order valence-electron chi connectivity index (χ4n) is 5.30. The highest BCUT2D eigenvalue weighted by atomic mass is 32.2. The Labute approximate surface area is 189 Å². The van der Waals surface area contributed by atoms with Gasteiger partial charge in [-0.2, -0.15) is 0 Å². The Morgan fingerprint density at radius 2 is 2.00 bits per heavy atom. The van der Waals surface area contributed by atoms with Crippen LogP contribution in [0.15, 0.2) is 48.5 Å². The van der Waals surface area contributed by atoms with Crippen LogP contribution in [0.3, 0.4) is 0 Å². The van der Waals surface area contributed by atoms with Crippen LogP contribution in [0, 0.1) is 12.5 Å². The number of sulfonamides is 1. The second-order valence-corrected chi connectivity index (χ2v) is 10.5. The number of ether oxygens (including phenoxy) is 2. The topological polar surface area (TPSA) is 77.3 Å². The summed E-state index contributed by atoms with van der Waals surface area (Å²) in [5.74, 6) is -1.56. The van der Waals surface area contributed by atoms with Gasteiger partial charge in [0.05, 0.1) is 18.8 Å². The molecule has 0 unspecified atom stereocenters. The van der Waals surface area contributed by atoms with Crippen molar-refractivity contribution in [2.45, 2.75) is 42.8 Å². The first-order valence-corrected chi connectivity index (χ1v) is 11.9. The summed E-state index contributed by atoms with van der Waals surface area (Å²) >= 11 is 0. The van der Waals surface area contributed by atoms with Gasteiger partial charge in [-0.15, -0.1) is 0 Å². The van der Waals surface area contributed by atoms with Crippen molar-refractivity contribution in [3.8, 4) is 0 Å². The summed E-state index contributed by atoms with van der Waals surface area (Å²) in [6.07, 6.45) is -3.22. The third-order valence-corrected chi connectivity index (χ3v) is 9.32. The molecular weight excluding hydrogens is 454 g/mol.